The van der Waals surface area contributed by atoms with Crippen LogP contribution in [0.25, 0.3) is 0 Å². The summed E-state index contributed by atoms with van der Waals surface area (Å²) in [6.45, 7) is 3.97. The predicted octanol–water partition coefficient (Wildman–Crippen LogP) is 2.68. The molecule has 1 aromatic carbocycles. The van der Waals surface area contributed by atoms with Crippen LogP contribution >= 0.6 is 12.2 Å². The van der Waals surface area contributed by atoms with E-state index in [2.05, 4.69) is 5.32 Å². The van der Waals surface area contributed by atoms with Crippen LogP contribution in [-0.2, 0) is 14.3 Å². The zero-order valence-electron chi connectivity index (χ0n) is 14.4. The molecule has 0 aromatic heterocycles. The first kappa shape index (κ1) is 19.3. The molecule has 1 aliphatic heterocycles. The average molecular weight is 370 g/mol. The maximum Gasteiger partial charge on any atom is 0.337 e. The fourth-order valence-corrected chi connectivity index (χ4v) is 3.38. The number of halogens is 2. The molecule has 0 unspecified atom stereocenters. The van der Waals surface area contributed by atoms with E-state index in [0.717, 1.165) is 12.1 Å². The second-order valence-corrected chi connectivity index (χ2v) is 6.10. The van der Waals surface area contributed by atoms with E-state index in [4.69, 9.17) is 21.7 Å². The molecule has 0 fully saturated rings. The Morgan fingerprint density at radius 3 is 2.64 bits per heavy atom. The highest BCUT2D eigenvalue weighted by Crippen LogP contribution is 2.33. The molecule has 1 N–H and O–H groups in total. The van der Waals surface area contributed by atoms with Gasteiger partial charge >= 0.3 is 5.97 Å². The third-order valence-electron chi connectivity index (χ3n) is 4.05. The molecule has 0 amide bonds. The fourth-order valence-electron chi connectivity index (χ4n) is 2.95. The molecule has 0 saturated heterocycles. The standard InChI is InChI=1S/C17H20F2N2O3S/c1-9(8-23-3)21-10(2)14(16(22)24-4)15(20-17(21)25)12-6-5-11(18)7-13(12)19/h5-7,9,15H,8H2,1-4H3,(H,20,25)/t9-,15+/m1/s1. The van der Waals surface area contributed by atoms with Crippen LogP contribution in [0, 0.1) is 11.6 Å². The molecule has 1 heterocycles. The van der Waals surface area contributed by atoms with Gasteiger partial charge in [0.25, 0.3) is 0 Å². The van der Waals surface area contributed by atoms with Crippen molar-refractivity contribution in [2.75, 3.05) is 20.8 Å². The highest BCUT2D eigenvalue weighted by Gasteiger charge is 2.37. The van der Waals surface area contributed by atoms with Gasteiger partial charge in [0, 0.05) is 24.4 Å². The lowest BCUT2D eigenvalue weighted by molar-refractivity contribution is -0.136. The van der Waals surface area contributed by atoms with E-state index < -0.39 is 23.6 Å². The molecular weight excluding hydrogens is 350 g/mol. The second kappa shape index (κ2) is 7.88. The van der Waals surface area contributed by atoms with Gasteiger partial charge in [-0.05, 0) is 32.1 Å². The summed E-state index contributed by atoms with van der Waals surface area (Å²) < 4.78 is 37.5. The van der Waals surface area contributed by atoms with Crippen LogP contribution in [0.15, 0.2) is 29.5 Å². The Morgan fingerprint density at radius 2 is 2.08 bits per heavy atom. The highest BCUT2D eigenvalue weighted by atomic mass is 32.1. The Balaban J connectivity index is 2.57. The minimum absolute atomic E-state index is 0.113. The number of rotatable bonds is 5. The zero-order valence-corrected chi connectivity index (χ0v) is 15.2. The number of nitrogens with zero attached hydrogens (tertiary/aromatic N) is 1. The number of allylic oxidation sites excluding steroid dienone is 1. The molecule has 0 bridgehead atoms. The summed E-state index contributed by atoms with van der Waals surface area (Å²) in [5, 5.41) is 3.28. The van der Waals surface area contributed by atoms with Crippen LogP contribution in [-0.4, -0.2) is 42.8 Å². The van der Waals surface area contributed by atoms with E-state index in [0.29, 0.717) is 17.4 Å². The zero-order chi connectivity index (χ0) is 18.7. The number of nitrogens with one attached hydrogen (secondary N) is 1. The van der Waals surface area contributed by atoms with Gasteiger partial charge in [-0.15, -0.1) is 0 Å². The highest BCUT2D eigenvalue weighted by molar-refractivity contribution is 7.80. The van der Waals surface area contributed by atoms with Crippen molar-refractivity contribution in [3.63, 3.8) is 0 Å². The molecule has 1 aromatic rings. The summed E-state index contributed by atoms with van der Waals surface area (Å²) in [6, 6.07) is 2.17. The Kier molecular flexibility index (Phi) is 6.07. The van der Waals surface area contributed by atoms with Crippen molar-refractivity contribution in [3.05, 3.63) is 46.7 Å². The Hall–Kier alpha value is -2.06. The number of benzene rings is 1. The molecule has 0 spiro atoms. The quantitative estimate of drug-likeness (QED) is 0.635. The predicted molar refractivity (Wildman–Crippen MR) is 92.7 cm³/mol. The maximum absolute atomic E-state index is 14.3. The first-order chi connectivity index (χ1) is 11.8. The van der Waals surface area contributed by atoms with E-state index in [-0.39, 0.29) is 17.2 Å². The number of esters is 1. The Labute approximate surface area is 150 Å². The number of carbonyl (C=O) groups excluding carboxylic acids is 1. The first-order valence-electron chi connectivity index (χ1n) is 7.64. The summed E-state index contributed by atoms with van der Waals surface area (Å²) in [7, 11) is 2.81. The lowest BCUT2D eigenvalue weighted by Gasteiger charge is -2.40. The summed E-state index contributed by atoms with van der Waals surface area (Å²) in [6.07, 6.45) is 0. The third kappa shape index (κ3) is 3.80. The van der Waals surface area contributed by atoms with Crippen molar-refractivity contribution in [3.8, 4) is 0 Å². The van der Waals surface area contributed by atoms with Crippen molar-refractivity contribution in [2.24, 2.45) is 0 Å². The van der Waals surface area contributed by atoms with Gasteiger partial charge in [0.1, 0.15) is 11.6 Å². The molecule has 2 atom stereocenters. The third-order valence-corrected chi connectivity index (χ3v) is 4.37. The van der Waals surface area contributed by atoms with Crippen LogP contribution < -0.4 is 5.32 Å². The number of ether oxygens (including phenoxy) is 2. The van der Waals surface area contributed by atoms with E-state index in [1.54, 1.807) is 18.9 Å². The first-order valence-corrected chi connectivity index (χ1v) is 8.05. The number of hydrogen-bond donors (Lipinski definition) is 1. The Bertz CT molecular complexity index is 724. The average Bonchev–Trinajstić information content (AvgIpc) is 2.54. The van der Waals surface area contributed by atoms with Gasteiger partial charge in [-0.3, -0.25) is 0 Å². The molecule has 25 heavy (non-hydrogen) atoms. The van der Waals surface area contributed by atoms with Crippen molar-refractivity contribution in [1.82, 2.24) is 10.2 Å². The molecular formula is C17H20F2N2O3S. The lowest BCUT2D eigenvalue weighted by Crippen LogP contribution is -2.52. The molecule has 8 heteroatoms. The summed E-state index contributed by atoms with van der Waals surface area (Å²) in [5.74, 6) is -2.08. The second-order valence-electron chi connectivity index (χ2n) is 5.71. The van der Waals surface area contributed by atoms with Gasteiger partial charge in [-0.1, -0.05) is 6.07 Å². The van der Waals surface area contributed by atoms with Crippen LogP contribution in [0.2, 0.25) is 0 Å². The number of methoxy groups -OCH3 is 2. The van der Waals surface area contributed by atoms with Crippen molar-refractivity contribution in [2.45, 2.75) is 25.9 Å². The van der Waals surface area contributed by atoms with E-state index in [9.17, 15) is 13.6 Å². The lowest BCUT2D eigenvalue weighted by atomic mass is 9.94. The minimum Gasteiger partial charge on any atom is -0.466 e. The molecule has 0 radical (unpaired) electrons. The number of thiocarbonyl (C=S) groups is 1. The largest absolute Gasteiger partial charge is 0.466 e. The molecule has 0 aliphatic carbocycles. The van der Waals surface area contributed by atoms with Crippen molar-refractivity contribution < 1.29 is 23.0 Å². The maximum atomic E-state index is 14.3. The van der Waals surface area contributed by atoms with Gasteiger partial charge in [0.15, 0.2) is 5.11 Å². The van der Waals surface area contributed by atoms with Crippen molar-refractivity contribution >= 4 is 23.3 Å². The van der Waals surface area contributed by atoms with E-state index >= 15 is 0 Å². The molecule has 1 aliphatic rings. The minimum atomic E-state index is -0.869. The van der Waals surface area contributed by atoms with Crippen molar-refractivity contribution in [1.29, 1.82) is 0 Å². The number of carbonyl (C=O) groups is 1. The SMILES string of the molecule is COC[C@@H](C)N1C(=S)N[C@@H](c2ccc(F)cc2F)C(C(=O)OC)=C1C. The van der Waals surface area contributed by atoms with Gasteiger partial charge in [0.2, 0.25) is 0 Å². The fraction of sp³-hybridized carbons (Fsp3) is 0.412. The van der Waals surface area contributed by atoms with Crippen LogP contribution in [0.3, 0.4) is 0 Å². The van der Waals surface area contributed by atoms with E-state index in [1.807, 2.05) is 6.92 Å². The summed E-state index contributed by atoms with van der Waals surface area (Å²) in [5.41, 5.74) is 0.862. The van der Waals surface area contributed by atoms with Gasteiger partial charge in [0.05, 0.1) is 31.4 Å². The summed E-state index contributed by atoms with van der Waals surface area (Å²) >= 11 is 5.39. The van der Waals surface area contributed by atoms with Crippen LogP contribution in [0.1, 0.15) is 25.5 Å². The van der Waals surface area contributed by atoms with Gasteiger partial charge < -0.3 is 19.7 Å². The monoisotopic (exact) mass is 370 g/mol. The molecule has 136 valence electrons. The van der Waals surface area contributed by atoms with Crippen LogP contribution in [0.4, 0.5) is 8.78 Å². The summed E-state index contributed by atoms with van der Waals surface area (Å²) in [4.78, 5) is 14.1. The Morgan fingerprint density at radius 1 is 1.40 bits per heavy atom. The number of hydrogen-bond acceptors (Lipinski definition) is 4. The molecule has 2 rings (SSSR count). The molecule has 5 nitrogen and oxygen atoms in total. The molecule has 0 saturated carbocycles. The smallest absolute Gasteiger partial charge is 0.337 e. The van der Waals surface area contributed by atoms with E-state index in [1.165, 1.54) is 13.2 Å². The van der Waals surface area contributed by atoms with Crippen LogP contribution in [0.5, 0.6) is 0 Å². The normalized spacial score (nSPS) is 18.9. The topological polar surface area (TPSA) is 50.8 Å². The van der Waals surface area contributed by atoms with Gasteiger partial charge in [-0.25, -0.2) is 13.6 Å². The van der Waals surface area contributed by atoms with Gasteiger partial charge in [-0.2, -0.15) is 0 Å².